The average Bonchev–Trinajstić information content (AvgIpc) is 3.21. The Morgan fingerprint density at radius 1 is 1.06 bits per heavy atom. The van der Waals surface area contributed by atoms with E-state index in [-0.39, 0.29) is 23.0 Å². The second-order valence-corrected chi connectivity index (χ2v) is 7.28. The maximum atomic E-state index is 14.2. The minimum absolute atomic E-state index is 0.0262. The highest BCUT2D eigenvalue weighted by Crippen LogP contribution is 2.27. The zero-order chi connectivity index (χ0) is 22.7. The molecule has 32 heavy (non-hydrogen) atoms. The van der Waals surface area contributed by atoms with Crippen LogP contribution in [0.3, 0.4) is 0 Å². The molecule has 0 aliphatic rings. The summed E-state index contributed by atoms with van der Waals surface area (Å²) < 4.78 is 27.8. The Kier molecular flexibility index (Phi) is 6.18. The standard InChI is InChI=1S/C23H22F2N6O/c1-3-31(4-2)13-14-8-10-15(11-9-14)23(32)26-21-17-12-19(27-29-22(17)30-28-21)16-6-5-7-18(24)20(16)25/h5-12H,3-4,13H2,1-2H3,(H2,26,28,29,30,32). The lowest BCUT2D eigenvalue weighted by Crippen LogP contribution is -2.22. The summed E-state index contributed by atoms with van der Waals surface area (Å²) in [5.74, 6) is -2.11. The van der Waals surface area contributed by atoms with Crippen LogP contribution in [0.25, 0.3) is 22.3 Å². The molecule has 0 fully saturated rings. The Labute approximate surface area is 183 Å². The van der Waals surface area contributed by atoms with E-state index in [4.69, 9.17) is 0 Å². The van der Waals surface area contributed by atoms with Gasteiger partial charge in [0.15, 0.2) is 23.1 Å². The molecule has 164 valence electrons. The van der Waals surface area contributed by atoms with Crippen LogP contribution in [-0.4, -0.2) is 44.3 Å². The number of carbonyl (C=O) groups excluding carboxylic acids is 1. The van der Waals surface area contributed by atoms with Gasteiger partial charge in [0.1, 0.15) is 0 Å². The molecule has 0 aliphatic carbocycles. The summed E-state index contributed by atoms with van der Waals surface area (Å²) in [6, 6.07) is 12.7. The molecule has 2 aromatic heterocycles. The van der Waals surface area contributed by atoms with Crippen molar-refractivity contribution in [3.63, 3.8) is 0 Å². The second-order valence-electron chi connectivity index (χ2n) is 7.28. The molecule has 4 rings (SSSR count). The van der Waals surface area contributed by atoms with Crippen LogP contribution >= 0.6 is 0 Å². The van der Waals surface area contributed by atoms with Gasteiger partial charge >= 0.3 is 0 Å². The number of nitrogens with one attached hydrogen (secondary N) is 2. The van der Waals surface area contributed by atoms with Crippen LogP contribution in [0.4, 0.5) is 14.6 Å². The van der Waals surface area contributed by atoms with Crippen molar-refractivity contribution in [2.24, 2.45) is 0 Å². The number of hydrogen-bond donors (Lipinski definition) is 2. The number of anilines is 1. The highest BCUT2D eigenvalue weighted by molar-refractivity contribution is 6.07. The number of aromatic nitrogens is 4. The number of benzene rings is 2. The summed E-state index contributed by atoms with van der Waals surface area (Å²) in [6.45, 7) is 6.94. The summed E-state index contributed by atoms with van der Waals surface area (Å²) in [6.07, 6.45) is 0. The van der Waals surface area contributed by atoms with Gasteiger partial charge in [-0.3, -0.25) is 14.8 Å². The fourth-order valence-electron chi connectivity index (χ4n) is 3.40. The third-order valence-corrected chi connectivity index (χ3v) is 5.30. The van der Waals surface area contributed by atoms with Gasteiger partial charge in [-0.2, -0.15) is 5.10 Å². The Balaban J connectivity index is 1.56. The highest BCUT2D eigenvalue weighted by Gasteiger charge is 2.16. The van der Waals surface area contributed by atoms with Crippen molar-refractivity contribution < 1.29 is 13.6 Å². The van der Waals surface area contributed by atoms with Gasteiger partial charge in [0.25, 0.3) is 5.91 Å². The summed E-state index contributed by atoms with van der Waals surface area (Å²) in [7, 11) is 0. The van der Waals surface area contributed by atoms with Crippen LogP contribution < -0.4 is 5.32 Å². The Morgan fingerprint density at radius 2 is 1.81 bits per heavy atom. The van der Waals surface area contributed by atoms with Crippen molar-refractivity contribution in [2.45, 2.75) is 20.4 Å². The maximum absolute atomic E-state index is 14.2. The zero-order valence-electron chi connectivity index (χ0n) is 17.7. The number of halogens is 2. The normalized spacial score (nSPS) is 11.3. The zero-order valence-corrected chi connectivity index (χ0v) is 17.7. The van der Waals surface area contributed by atoms with Crippen molar-refractivity contribution in [3.8, 4) is 11.3 Å². The monoisotopic (exact) mass is 436 g/mol. The number of rotatable bonds is 7. The van der Waals surface area contributed by atoms with E-state index in [1.165, 1.54) is 18.2 Å². The predicted molar refractivity (Wildman–Crippen MR) is 118 cm³/mol. The van der Waals surface area contributed by atoms with Gasteiger partial charge < -0.3 is 5.32 Å². The first-order chi connectivity index (χ1) is 15.5. The third kappa shape index (κ3) is 4.33. The first-order valence-electron chi connectivity index (χ1n) is 10.3. The second kappa shape index (κ2) is 9.19. The van der Waals surface area contributed by atoms with E-state index in [0.29, 0.717) is 16.6 Å². The number of nitrogens with zero attached hydrogens (tertiary/aromatic N) is 4. The molecule has 2 aromatic carbocycles. The summed E-state index contributed by atoms with van der Waals surface area (Å²) in [4.78, 5) is 15.0. The third-order valence-electron chi connectivity index (χ3n) is 5.30. The lowest BCUT2D eigenvalue weighted by atomic mass is 10.1. The number of fused-ring (bicyclic) bond motifs is 1. The van der Waals surface area contributed by atoms with Gasteiger partial charge in [0.2, 0.25) is 0 Å². The number of hydrogen-bond acceptors (Lipinski definition) is 5. The van der Waals surface area contributed by atoms with Crippen molar-refractivity contribution in [1.29, 1.82) is 0 Å². The SMILES string of the molecule is CCN(CC)Cc1ccc(C(=O)Nc2n[nH]c3nnc(-c4cccc(F)c4F)cc23)cc1. The molecule has 9 heteroatoms. The summed E-state index contributed by atoms with van der Waals surface area (Å²) >= 11 is 0. The van der Waals surface area contributed by atoms with Gasteiger partial charge in [0, 0.05) is 17.7 Å². The molecule has 4 aromatic rings. The Morgan fingerprint density at radius 3 is 2.53 bits per heavy atom. The van der Waals surface area contributed by atoms with Crippen LogP contribution in [0.2, 0.25) is 0 Å². The number of amides is 1. The molecule has 0 radical (unpaired) electrons. The van der Waals surface area contributed by atoms with Gasteiger partial charge in [-0.15, -0.1) is 10.2 Å². The Bertz CT molecular complexity index is 1250. The molecule has 0 spiro atoms. The van der Waals surface area contributed by atoms with Gasteiger partial charge in [-0.1, -0.05) is 32.0 Å². The average molecular weight is 436 g/mol. The largest absolute Gasteiger partial charge is 0.305 e. The van der Waals surface area contributed by atoms with E-state index in [9.17, 15) is 13.6 Å². The highest BCUT2D eigenvalue weighted by atomic mass is 19.2. The fraction of sp³-hybridized carbons (Fsp3) is 0.217. The van der Waals surface area contributed by atoms with Gasteiger partial charge in [-0.05, 0) is 49.0 Å². The van der Waals surface area contributed by atoms with Crippen molar-refractivity contribution in [1.82, 2.24) is 25.3 Å². The maximum Gasteiger partial charge on any atom is 0.256 e. The van der Waals surface area contributed by atoms with Crippen LogP contribution in [0, 0.1) is 11.6 Å². The molecule has 0 bridgehead atoms. The Hall–Kier alpha value is -3.72. The van der Waals surface area contributed by atoms with Crippen LogP contribution in [0.15, 0.2) is 48.5 Å². The minimum Gasteiger partial charge on any atom is -0.305 e. The van der Waals surface area contributed by atoms with Crippen LogP contribution in [0.1, 0.15) is 29.8 Å². The number of carbonyl (C=O) groups is 1. The number of aromatic amines is 1. The predicted octanol–water partition coefficient (Wildman–Crippen LogP) is 4.39. The van der Waals surface area contributed by atoms with Crippen LogP contribution in [0.5, 0.6) is 0 Å². The van der Waals surface area contributed by atoms with E-state index >= 15 is 0 Å². The number of H-pyrrole nitrogens is 1. The molecule has 0 saturated carbocycles. The molecule has 7 nitrogen and oxygen atoms in total. The summed E-state index contributed by atoms with van der Waals surface area (Å²) in [5, 5.41) is 17.8. The van der Waals surface area contributed by atoms with Crippen molar-refractivity contribution in [2.75, 3.05) is 18.4 Å². The van der Waals surface area contributed by atoms with E-state index in [1.807, 2.05) is 12.1 Å². The molecule has 0 unspecified atom stereocenters. The molecule has 0 saturated heterocycles. The van der Waals surface area contributed by atoms with Gasteiger partial charge in [0.05, 0.1) is 11.1 Å². The minimum atomic E-state index is -1.01. The quantitative estimate of drug-likeness (QED) is 0.449. The van der Waals surface area contributed by atoms with E-state index in [1.54, 1.807) is 12.1 Å². The molecule has 0 atom stereocenters. The van der Waals surface area contributed by atoms with E-state index < -0.39 is 11.6 Å². The lowest BCUT2D eigenvalue weighted by molar-refractivity contribution is 0.102. The molecule has 2 N–H and O–H groups in total. The molecule has 2 heterocycles. The lowest BCUT2D eigenvalue weighted by Gasteiger charge is -2.17. The van der Waals surface area contributed by atoms with E-state index in [0.717, 1.165) is 31.3 Å². The fourth-order valence-corrected chi connectivity index (χ4v) is 3.40. The first-order valence-corrected chi connectivity index (χ1v) is 10.3. The first kappa shape index (κ1) is 21.5. The van der Waals surface area contributed by atoms with Crippen molar-refractivity contribution in [3.05, 3.63) is 71.3 Å². The van der Waals surface area contributed by atoms with Gasteiger partial charge in [-0.25, -0.2) is 8.78 Å². The topological polar surface area (TPSA) is 86.8 Å². The molecule has 0 aliphatic heterocycles. The smallest absolute Gasteiger partial charge is 0.256 e. The molecule has 1 amide bonds. The molecular formula is C23H22F2N6O. The van der Waals surface area contributed by atoms with Crippen molar-refractivity contribution >= 4 is 22.8 Å². The van der Waals surface area contributed by atoms with E-state index in [2.05, 4.69) is 44.5 Å². The van der Waals surface area contributed by atoms with Crippen LogP contribution in [-0.2, 0) is 6.54 Å². The molecular weight excluding hydrogens is 414 g/mol. The summed E-state index contributed by atoms with van der Waals surface area (Å²) in [5.41, 5.74) is 2.01.